The van der Waals surface area contributed by atoms with Crippen LogP contribution in [0.4, 0.5) is 11.4 Å². The molecule has 140 valence electrons. The zero-order valence-corrected chi connectivity index (χ0v) is 16.4. The summed E-state index contributed by atoms with van der Waals surface area (Å²) in [5.41, 5.74) is 3.17. The van der Waals surface area contributed by atoms with Gasteiger partial charge in [0.1, 0.15) is 0 Å². The summed E-state index contributed by atoms with van der Waals surface area (Å²) in [6.07, 6.45) is 5.24. The topological polar surface area (TPSA) is 83.6 Å². The van der Waals surface area contributed by atoms with E-state index in [9.17, 15) is 16.8 Å². The minimum Gasteiger partial charge on any atom is -0.280 e. The fourth-order valence-electron chi connectivity index (χ4n) is 3.02. The molecule has 0 bridgehead atoms. The molecule has 0 fully saturated rings. The molecule has 0 atom stereocenters. The Morgan fingerprint density at radius 3 is 2.12 bits per heavy atom. The Labute approximate surface area is 155 Å². The van der Waals surface area contributed by atoms with Crippen molar-refractivity contribution in [2.24, 2.45) is 0 Å². The summed E-state index contributed by atoms with van der Waals surface area (Å²) < 4.78 is 52.1. The molecule has 26 heavy (non-hydrogen) atoms. The van der Waals surface area contributed by atoms with E-state index in [1.54, 1.807) is 36.4 Å². The summed E-state index contributed by atoms with van der Waals surface area (Å²) in [6, 6.07) is 11.5. The molecule has 0 unspecified atom stereocenters. The highest BCUT2D eigenvalue weighted by Crippen LogP contribution is 2.26. The van der Waals surface area contributed by atoms with E-state index in [4.69, 9.17) is 0 Å². The van der Waals surface area contributed by atoms with Gasteiger partial charge in [-0.05, 0) is 73.2 Å². The number of hydrogen-bond donors (Lipinski definition) is 1. The highest BCUT2D eigenvalue weighted by molar-refractivity contribution is 7.92. The Morgan fingerprint density at radius 1 is 0.885 bits per heavy atom. The summed E-state index contributed by atoms with van der Waals surface area (Å²) in [6.45, 7) is 0. The number of nitrogens with zero attached hydrogens (tertiary/aromatic N) is 1. The normalized spacial score (nSPS) is 14.5. The fourth-order valence-corrected chi connectivity index (χ4v) is 4.64. The van der Waals surface area contributed by atoms with Crippen LogP contribution in [0.15, 0.2) is 47.4 Å². The Balaban J connectivity index is 1.81. The van der Waals surface area contributed by atoms with Crippen LogP contribution in [-0.2, 0) is 32.9 Å². The third-order valence-corrected chi connectivity index (χ3v) is 7.20. The standard InChI is InChI=1S/C18H22N2O4S2/c1-20(25(2,21)22)17-10-8-16(9-11-17)19-26(23,24)18-12-7-14-5-3-4-6-15(14)13-18/h7-13,19H,3-6H2,1-2H3. The van der Waals surface area contributed by atoms with Gasteiger partial charge in [0, 0.05) is 12.7 Å². The lowest BCUT2D eigenvalue weighted by Gasteiger charge is -2.18. The van der Waals surface area contributed by atoms with E-state index in [1.807, 2.05) is 6.07 Å². The molecule has 6 nitrogen and oxygen atoms in total. The molecule has 0 radical (unpaired) electrons. The Morgan fingerprint density at radius 2 is 1.50 bits per heavy atom. The first kappa shape index (κ1) is 18.7. The molecule has 0 amide bonds. The van der Waals surface area contributed by atoms with Crippen molar-refractivity contribution in [1.29, 1.82) is 0 Å². The molecule has 0 heterocycles. The molecule has 2 aromatic carbocycles. The summed E-state index contributed by atoms with van der Waals surface area (Å²) in [5, 5.41) is 0. The molecule has 2 aromatic rings. The monoisotopic (exact) mass is 394 g/mol. The van der Waals surface area contributed by atoms with E-state index in [1.165, 1.54) is 12.6 Å². The first-order valence-electron chi connectivity index (χ1n) is 8.35. The Hall–Kier alpha value is -2.06. The lowest BCUT2D eigenvalue weighted by atomic mass is 9.92. The predicted octanol–water partition coefficient (Wildman–Crippen LogP) is 2.76. The predicted molar refractivity (Wildman–Crippen MR) is 104 cm³/mol. The maximum absolute atomic E-state index is 12.6. The van der Waals surface area contributed by atoms with E-state index in [0.717, 1.165) is 41.8 Å². The second-order valence-corrected chi connectivity index (χ2v) is 10.2. The highest BCUT2D eigenvalue weighted by atomic mass is 32.2. The molecule has 0 aromatic heterocycles. The molecule has 0 spiro atoms. The van der Waals surface area contributed by atoms with Crippen LogP contribution in [0.2, 0.25) is 0 Å². The van der Waals surface area contributed by atoms with Crippen LogP contribution >= 0.6 is 0 Å². The fraction of sp³-hybridized carbons (Fsp3) is 0.333. The molecule has 0 saturated carbocycles. The second kappa shape index (κ2) is 6.92. The maximum Gasteiger partial charge on any atom is 0.261 e. The number of rotatable bonds is 5. The van der Waals surface area contributed by atoms with Gasteiger partial charge in [0.05, 0.1) is 16.8 Å². The van der Waals surface area contributed by atoms with E-state index in [0.29, 0.717) is 11.4 Å². The molecular formula is C18H22N2O4S2. The Kier molecular flexibility index (Phi) is 4.98. The number of nitrogens with one attached hydrogen (secondary N) is 1. The van der Waals surface area contributed by atoms with Gasteiger partial charge < -0.3 is 0 Å². The average molecular weight is 395 g/mol. The van der Waals surface area contributed by atoms with E-state index < -0.39 is 20.0 Å². The minimum absolute atomic E-state index is 0.246. The van der Waals surface area contributed by atoms with Crippen LogP contribution in [0.25, 0.3) is 0 Å². The number of aryl methyl sites for hydroxylation is 2. The van der Waals surface area contributed by atoms with Crippen LogP contribution in [0.1, 0.15) is 24.0 Å². The van der Waals surface area contributed by atoms with Gasteiger partial charge in [-0.25, -0.2) is 16.8 Å². The van der Waals surface area contributed by atoms with E-state index in [2.05, 4.69) is 4.72 Å². The van der Waals surface area contributed by atoms with E-state index >= 15 is 0 Å². The molecule has 0 aliphatic heterocycles. The number of hydrogen-bond acceptors (Lipinski definition) is 4. The van der Waals surface area contributed by atoms with Gasteiger partial charge in [-0.1, -0.05) is 6.07 Å². The minimum atomic E-state index is -3.69. The molecule has 1 N–H and O–H groups in total. The smallest absolute Gasteiger partial charge is 0.261 e. The quantitative estimate of drug-likeness (QED) is 0.845. The molecule has 3 rings (SSSR count). The zero-order chi connectivity index (χ0) is 18.9. The first-order chi connectivity index (χ1) is 12.2. The summed E-state index contributed by atoms with van der Waals surface area (Å²) in [4.78, 5) is 0.246. The first-order valence-corrected chi connectivity index (χ1v) is 11.7. The third kappa shape index (κ3) is 4.02. The summed E-state index contributed by atoms with van der Waals surface area (Å²) in [7, 11) is -5.61. The van der Waals surface area contributed by atoms with Crippen LogP contribution in [0, 0.1) is 0 Å². The molecule has 0 saturated heterocycles. The van der Waals surface area contributed by atoms with E-state index in [-0.39, 0.29) is 4.90 Å². The molecular weight excluding hydrogens is 372 g/mol. The lowest BCUT2D eigenvalue weighted by Crippen LogP contribution is -2.24. The van der Waals surface area contributed by atoms with Crippen LogP contribution in [-0.4, -0.2) is 30.1 Å². The van der Waals surface area contributed by atoms with Crippen molar-refractivity contribution in [2.45, 2.75) is 30.6 Å². The molecule has 8 heteroatoms. The summed E-state index contributed by atoms with van der Waals surface area (Å²) >= 11 is 0. The second-order valence-electron chi connectivity index (χ2n) is 6.52. The van der Waals surface area contributed by atoms with Crippen LogP contribution in [0.5, 0.6) is 0 Å². The highest BCUT2D eigenvalue weighted by Gasteiger charge is 2.18. The number of sulfonamides is 2. The SMILES string of the molecule is CN(c1ccc(NS(=O)(=O)c2ccc3c(c2)CCCC3)cc1)S(C)(=O)=O. The van der Waals surface area contributed by atoms with Gasteiger partial charge in [0.15, 0.2) is 0 Å². The van der Waals surface area contributed by atoms with Crippen molar-refractivity contribution in [2.75, 3.05) is 22.3 Å². The number of fused-ring (bicyclic) bond motifs is 1. The van der Waals surface area contributed by atoms with Crippen LogP contribution < -0.4 is 9.03 Å². The van der Waals surface area contributed by atoms with Crippen molar-refractivity contribution in [3.05, 3.63) is 53.6 Å². The van der Waals surface area contributed by atoms with Gasteiger partial charge >= 0.3 is 0 Å². The molecule has 1 aliphatic rings. The summed E-state index contributed by atoms with van der Waals surface area (Å²) in [5.74, 6) is 0. The average Bonchev–Trinajstić information content (AvgIpc) is 2.60. The Bertz CT molecular complexity index is 1010. The van der Waals surface area contributed by atoms with Gasteiger partial charge in [-0.3, -0.25) is 9.03 Å². The van der Waals surface area contributed by atoms with Crippen molar-refractivity contribution >= 4 is 31.4 Å². The van der Waals surface area contributed by atoms with Crippen molar-refractivity contribution < 1.29 is 16.8 Å². The lowest BCUT2D eigenvalue weighted by molar-refractivity contribution is 0.598. The third-order valence-electron chi connectivity index (χ3n) is 4.61. The van der Waals surface area contributed by atoms with Crippen molar-refractivity contribution in [3.8, 4) is 0 Å². The van der Waals surface area contributed by atoms with Gasteiger partial charge in [-0.15, -0.1) is 0 Å². The maximum atomic E-state index is 12.6. The molecule has 1 aliphatic carbocycles. The van der Waals surface area contributed by atoms with Gasteiger partial charge in [0.2, 0.25) is 10.0 Å². The largest absolute Gasteiger partial charge is 0.280 e. The zero-order valence-electron chi connectivity index (χ0n) is 14.8. The van der Waals surface area contributed by atoms with Gasteiger partial charge in [-0.2, -0.15) is 0 Å². The van der Waals surface area contributed by atoms with Crippen LogP contribution in [0.3, 0.4) is 0 Å². The number of anilines is 2. The van der Waals surface area contributed by atoms with Gasteiger partial charge in [0.25, 0.3) is 10.0 Å². The number of benzene rings is 2. The van der Waals surface area contributed by atoms with Crippen molar-refractivity contribution in [1.82, 2.24) is 0 Å². The van der Waals surface area contributed by atoms with Crippen molar-refractivity contribution in [3.63, 3.8) is 0 Å².